The van der Waals surface area contributed by atoms with Gasteiger partial charge in [0.25, 0.3) is 0 Å². The van der Waals surface area contributed by atoms with Crippen molar-refractivity contribution in [3.05, 3.63) is 0 Å². The van der Waals surface area contributed by atoms with E-state index in [2.05, 4.69) is 0 Å². The van der Waals surface area contributed by atoms with Crippen molar-refractivity contribution in [2.45, 2.75) is 74.4 Å². The fourth-order valence-electron chi connectivity index (χ4n) is 1.76. The number of amides is 2. The van der Waals surface area contributed by atoms with E-state index in [9.17, 15) is 19.2 Å². The number of aliphatic carboxylic acids is 1. The van der Waals surface area contributed by atoms with E-state index in [-0.39, 0.29) is 39.0 Å². The highest BCUT2D eigenvalue weighted by atomic mass is 16.4. The van der Waals surface area contributed by atoms with E-state index >= 15 is 0 Å². The molecule has 32 heavy (non-hydrogen) atoms. The number of ketones is 1. The summed E-state index contributed by atoms with van der Waals surface area (Å²) >= 11 is 0. The van der Waals surface area contributed by atoms with Gasteiger partial charge in [-0.3, -0.25) is 14.4 Å². The molecule has 0 aromatic carbocycles. The summed E-state index contributed by atoms with van der Waals surface area (Å²) in [6.45, 7) is 12.6. The third-order valence-electron chi connectivity index (χ3n) is 4.71. The maximum Gasteiger partial charge on any atom is 0.329 e. The lowest BCUT2D eigenvalue weighted by Crippen LogP contribution is -2.52. The molecule has 0 saturated carbocycles. The van der Waals surface area contributed by atoms with Crippen LogP contribution in [0.1, 0.15) is 63.3 Å². The van der Waals surface area contributed by atoms with Crippen molar-refractivity contribution in [1.29, 1.82) is 0 Å². The average molecular weight is 465 g/mol. The molecule has 0 aliphatic rings. The topological polar surface area (TPSA) is 101 Å². The first kappa shape index (κ1) is 40.4. The molecule has 0 aliphatic heterocycles. The first-order valence-corrected chi connectivity index (χ1v) is 9.96. The Kier molecular flexibility index (Phi) is 22.1. The van der Waals surface area contributed by atoms with Crippen LogP contribution in [0.5, 0.6) is 0 Å². The molecule has 0 atom stereocenters. The van der Waals surface area contributed by atoms with Gasteiger partial charge >= 0.3 is 5.97 Å². The van der Waals surface area contributed by atoms with Crippen LogP contribution in [-0.2, 0) is 19.2 Å². The molecular formula is C23H52N4O5. The largest absolute Gasteiger partial charge is 0.480 e. The van der Waals surface area contributed by atoms with Gasteiger partial charge in [-0.25, -0.2) is 4.79 Å². The van der Waals surface area contributed by atoms with E-state index in [0.717, 1.165) is 0 Å². The number of hydrogen-bond acceptors (Lipinski definition) is 6. The fourth-order valence-corrected chi connectivity index (χ4v) is 1.76. The van der Waals surface area contributed by atoms with Gasteiger partial charge in [-0.05, 0) is 62.8 Å². The predicted octanol–water partition coefficient (Wildman–Crippen LogP) is 2.54. The van der Waals surface area contributed by atoms with E-state index in [1.54, 1.807) is 44.8 Å². The number of carboxylic acid groups (broad SMARTS) is 1. The van der Waals surface area contributed by atoms with E-state index in [1.807, 2.05) is 27.9 Å². The van der Waals surface area contributed by atoms with Gasteiger partial charge < -0.3 is 24.7 Å². The summed E-state index contributed by atoms with van der Waals surface area (Å²) in [6, 6.07) is 0. The van der Waals surface area contributed by atoms with Gasteiger partial charge in [0.05, 0.1) is 18.6 Å². The molecule has 0 aliphatic carbocycles. The van der Waals surface area contributed by atoms with Crippen molar-refractivity contribution in [2.24, 2.45) is 0 Å². The van der Waals surface area contributed by atoms with Crippen LogP contribution in [0.2, 0.25) is 0 Å². The quantitative estimate of drug-likeness (QED) is 0.589. The number of likely N-dealkylation sites (N-methyl/N-ethyl adjacent to an activating group) is 4. The van der Waals surface area contributed by atoms with Crippen molar-refractivity contribution in [1.82, 2.24) is 19.6 Å². The summed E-state index contributed by atoms with van der Waals surface area (Å²) in [7, 11) is 10.3. The van der Waals surface area contributed by atoms with E-state index in [0.29, 0.717) is 6.54 Å². The van der Waals surface area contributed by atoms with Crippen molar-refractivity contribution in [3.63, 3.8) is 0 Å². The van der Waals surface area contributed by atoms with Crippen LogP contribution < -0.4 is 0 Å². The first-order valence-electron chi connectivity index (χ1n) is 9.96. The molecule has 194 valence electrons. The lowest BCUT2D eigenvalue weighted by atomic mass is 9.98. The van der Waals surface area contributed by atoms with Gasteiger partial charge in [-0.15, -0.1) is 0 Å². The van der Waals surface area contributed by atoms with Crippen molar-refractivity contribution >= 4 is 23.6 Å². The Hall–Kier alpha value is -2.00. The molecule has 1 N–H and O–H groups in total. The van der Waals surface area contributed by atoms with E-state index in [1.165, 1.54) is 37.6 Å². The molecule has 0 saturated heterocycles. The fraction of sp³-hybridized carbons (Fsp3) is 0.826. The Balaban J connectivity index is -0.000000133. The van der Waals surface area contributed by atoms with Crippen LogP contribution in [0.3, 0.4) is 0 Å². The second-order valence-corrected chi connectivity index (χ2v) is 8.36. The third-order valence-corrected chi connectivity index (χ3v) is 4.71. The number of carbonyl (C=O) groups is 4. The molecule has 0 rings (SSSR count). The summed E-state index contributed by atoms with van der Waals surface area (Å²) in [5.41, 5.74) is -1.87. The molecule has 9 heteroatoms. The van der Waals surface area contributed by atoms with Crippen molar-refractivity contribution in [3.8, 4) is 0 Å². The molecule has 9 nitrogen and oxygen atoms in total. The smallest absolute Gasteiger partial charge is 0.329 e. The van der Waals surface area contributed by atoms with Gasteiger partial charge in [0.2, 0.25) is 11.8 Å². The zero-order valence-corrected chi connectivity index (χ0v) is 21.3. The van der Waals surface area contributed by atoms with Crippen LogP contribution in [0.4, 0.5) is 0 Å². The molecule has 0 spiro atoms. The molecule has 2 amide bonds. The average Bonchev–Trinajstić information content (AvgIpc) is 2.60. The Labute approximate surface area is 197 Å². The highest BCUT2D eigenvalue weighted by Gasteiger charge is 2.35. The predicted molar refractivity (Wildman–Crippen MR) is 134 cm³/mol. The lowest BCUT2D eigenvalue weighted by molar-refractivity contribution is -0.155. The number of carbonyl (C=O) groups excluding carboxylic acids is 3. The van der Waals surface area contributed by atoms with Gasteiger partial charge in [-0.2, -0.15) is 0 Å². The molecule has 0 heterocycles. The lowest BCUT2D eigenvalue weighted by Gasteiger charge is -2.34. The zero-order valence-electron chi connectivity index (χ0n) is 21.3. The molecule has 0 bridgehead atoms. The maximum atomic E-state index is 11.6. The zero-order chi connectivity index (χ0) is 25.0. The number of nitrogens with zero attached hydrogens (tertiary/aromatic N) is 4. The Morgan fingerprint density at radius 3 is 1.09 bits per heavy atom. The van der Waals surface area contributed by atoms with Crippen LogP contribution in [0.15, 0.2) is 0 Å². The van der Waals surface area contributed by atoms with Gasteiger partial charge in [-0.1, -0.05) is 28.7 Å². The Bertz CT molecular complexity index is 523. The number of carboxylic acids is 1. The minimum atomic E-state index is -1.16. The van der Waals surface area contributed by atoms with Crippen LogP contribution >= 0.6 is 0 Å². The highest BCUT2D eigenvalue weighted by molar-refractivity contribution is 5.91. The first-order chi connectivity index (χ1) is 13.4. The molecular weight excluding hydrogens is 412 g/mol. The highest BCUT2D eigenvalue weighted by Crippen LogP contribution is 2.14. The van der Waals surface area contributed by atoms with Gasteiger partial charge in [0, 0.05) is 14.1 Å². The minimum absolute atomic E-state index is 0. The van der Waals surface area contributed by atoms with Gasteiger partial charge in [0.15, 0.2) is 5.78 Å². The Morgan fingerprint density at radius 2 is 0.906 bits per heavy atom. The number of hydrogen-bond donors (Lipinski definition) is 1. The second kappa shape index (κ2) is 17.5. The summed E-state index contributed by atoms with van der Waals surface area (Å²) < 4.78 is 0. The monoisotopic (exact) mass is 464 g/mol. The summed E-state index contributed by atoms with van der Waals surface area (Å²) in [5, 5.41) is 8.89. The number of Topliss-reactive ketones (excluding diaryl/α,β-unsaturated/α-hetero) is 1. The van der Waals surface area contributed by atoms with Crippen LogP contribution in [-0.4, -0.2) is 115 Å². The number of rotatable bonds is 8. The molecule has 0 aromatic heterocycles. The molecule has 0 aromatic rings. The summed E-state index contributed by atoms with van der Waals surface area (Å²) in [6.07, 6.45) is 0. The van der Waals surface area contributed by atoms with Gasteiger partial charge in [0.1, 0.15) is 5.54 Å². The van der Waals surface area contributed by atoms with Crippen molar-refractivity contribution < 1.29 is 24.3 Å². The van der Waals surface area contributed by atoms with E-state index in [4.69, 9.17) is 5.11 Å². The van der Waals surface area contributed by atoms with Crippen LogP contribution in [0, 0.1) is 0 Å². The van der Waals surface area contributed by atoms with Crippen molar-refractivity contribution in [2.75, 3.05) is 55.4 Å². The standard InChI is InChI=1S/C10H20N2O2.C9H18N2O3.C2H6.2CH4/c1-8(13)10(2,3)12(6)9(14)7-11(4)5;1-9(2,8(13)14)11(5)7(12)6-10(3)4;1-2;;/h7H2,1-6H3;6H2,1-5H3,(H,13,14);1-2H3;2*1H4. The molecule has 0 radical (unpaired) electrons. The van der Waals surface area contributed by atoms with E-state index < -0.39 is 17.0 Å². The summed E-state index contributed by atoms with van der Waals surface area (Å²) in [4.78, 5) is 51.5. The maximum absolute atomic E-state index is 11.6. The second-order valence-electron chi connectivity index (χ2n) is 8.36. The third kappa shape index (κ3) is 14.1. The molecule has 0 unspecified atom stereocenters. The summed E-state index contributed by atoms with van der Waals surface area (Å²) in [5.74, 6) is -1.27. The molecule has 0 fully saturated rings. The Morgan fingerprint density at radius 1 is 0.656 bits per heavy atom. The normalized spacial score (nSPS) is 10.3. The SMILES string of the molecule is C.C.CC.CC(=O)C(C)(C)N(C)C(=O)CN(C)C.CN(C)CC(=O)N(C)C(C)(C)C(=O)O. The van der Waals surface area contributed by atoms with Crippen LogP contribution in [0.25, 0.3) is 0 Å². The minimum Gasteiger partial charge on any atom is -0.480 e.